The molecule has 0 fully saturated rings. The number of rotatable bonds is 4. The van der Waals surface area contributed by atoms with Gasteiger partial charge in [-0.15, -0.1) is 0 Å². The van der Waals surface area contributed by atoms with E-state index in [0.29, 0.717) is 17.6 Å². The molecule has 0 spiro atoms. The average Bonchev–Trinajstić information content (AvgIpc) is 2.23. The van der Waals surface area contributed by atoms with Gasteiger partial charge in [-0.1, -0.05) is 6.07 Å². The van der Waals surface area contributed by atoms with Crippen molar-refractivity contribution in [3.63, 3.8) is 0 Å². The lowest BCUT2D eigenvalue weighted by Crippen LogP contribution is -2.27. The molecule has 0 atom stereocenters. The van der Waals surface area contributed by atoms with Gasteiger partial charge in [0.25, 0.3) is 0 Å². The zero-order valence-corrected chi connectivity index (χ0v) is 10.9. The Morgan fingerprint density at radius 1 is 1.50 bits per heavy atom. The first-order valence-electron chi connectivity index (χ1n) is 5.00. The highest BCUT2D eigenvalue weighted by atomic mass is 79.9. The molecule has 4 heteroatoms. The smallest absolute Gasteiger partial charge is 0.137 e. The number of nitrogens with zero attached hydrogens (tertiary/aromatic N) is 1. The Morgan fingerprint density at radius 2 is 2.19 bits per heavy atom. The summed E-state index contributed by atoms with van der Waals surface area (Å²) >= 11 is 3.10. The van der Waals surface area contributed by atoms with E-state index in [9.17, 15) is 4.39 Å². The Labute approximate surface area is 104 Å². The molecule has 0 aromatic heterocycles. The van der Waals surface area contributed by atoms with Crippen LogP contribution < -0.4 is 5.32 Å². The normalized spacial score (nSPS) is 11.2. The van der Waals surface area contributed by atoms with Gasteiger partial charge >= 0.3 is 0 Å². The molecule has 1 N–H and O–H groups in total. The highest BCUT2D eigenvalue weighted by Gasteiger charge is 2.15. The Bertz CT molecular complexity index is 410. The molecule has 1 aromatic carbocycles. The maximum Gasteiger partial charge on any atom is 0.137 e. The van der Waals surface area contributed by atoms with Gasteiger partial charge in [0.05, 0.1) is 16.0 Å². The number of hydrogen-bond acceptors (Lipinski definition) is 2. The van der Waals surface area contributed by atoms with Crippen molar-refractivity contribution in [3.05, 3.63) is 34.1 Å². The van der Waals surface area contributed by atoms with E-state index in [1.165, 1.54) is 6.07 Å². The van der Waals surface area contributed by atoms with Crippen LogP contribution in [0.2, 0.25) is 0 Å². The van der Waals surface area contributed by atoms with Crippen LogP contribution in [-0.4, -0.2) is 6.54 Å². The van der Waals surface area contributed by atoms with Crippen LogP contribution in [-0.2, 0) is 6.54 Å². The fourth-order valence-corrected chi connectivity index (χ4v) is 1.46. The van der Waals surface area contributed by atoms with Crippen LogP contribution in [0.5, 0.6) is 0 Å². The molecule has 1 aromatic rings. The van der Waals surface area contributed by atoms with Gasteiger partial charge in [-0.2, -0.15) is 5.26 Å². The predicted molar refractivity (Wildman–Crippen MR) is 65.2 cm³/mol. The number of hydrogen-bond donors (Lipinski definition) is 1. The molecule has 0 saturated carbocycles. The van der Waals surface area contributed by atoms with Gasteiger partial charge in [-0.25, -0.2) is 4.39 Å². The van der Waals surface area contributed by atoms with Crippen molar-refractivity contribution >= 4 is 15.9 Å². The maximum absolute atomic E-state index is 13.2. The van der Waals surface area contributed by atoms with Crippen LogP contribution in [0.4, 0.5) is 4.39 Å². The zero-order chi connectivity index (χ0) is 12.2. The summed E-state index contributed by atoms with van der Waals surface area (Å²) in [5, 5.41) is 12.0. The summed E-state index contributed by atoms with van der Waals surface area (Å²) in [6.45, 7) is 4.88. The lowest BCUT2D eigenvalue weighted by atomic mass is 9.96. The first-order chi connectivity index (χ1) is 7.44. The highest BCUT2D eigenvalue weighted by molar-refractivity contribution is 9.10. The molecule has 1 rings (SSSR count). The second-order valence-corrected chi connectivity index (χ2v) is 5.20. The van der Waals surface area contributed by atoms with Gasteiger partial charge in [-0.3, -0.25) is 0 Å². The Balaban J connectivity index is 2.50. The molecular formula is C12H14BrFN2. The standard InChI is InChI=1S/C12H14BrFN2/c1-12(2,7-15)8-16-6-9-3-4-10(13)11(14)5-9/h3-5,16H,6,8H2,1-2H3. The monoisotopic (exact) mass is 284 g/mol. The van der Waals surface area contributed by atoms with E-state index in [1.807, 2.05) is 19.9 Å². The van der Waals surface area contributed by atoms with E-state index in [0.717, 1.165) is 5.56 Å². The van der Waals surface area contributed by atoms with Gasteiger partial charge in [0.15, 0.2) is 0 Å². The Hall–Kier alpha value is -0.920. The average molecular weight is 285 g/mol. The Morgan fingerprint density at radius 3 is 2.75 bits per heavy atom. The molecule has 16 heavy (non-hydrogen) atoms. The number of benzene rings is 1. The van der Waals surface area contributed by atoms with Gasteiger partial charge < -0.3 is 5.32 Å². The zero-order valence-electron chi connectivity index (χ0n) is 9.35. The van der Waals surface area contributed by atoms with Crippen molar-refractivity contribution in [1.29, 1.82) is 5.26 Å². The molecule has 2 nitrogen and oxygen atoms in total. The quantitative estimate of drug-likeness (QED) is 0.922. The minimum Gasteiger partial charge on any atom is -0.311 e. The first-order valence-corrected chi connectivity index (χ1v) is 5.80. The van der Waals surface area contributed by atoms with Crippen LogP contribution in [0.15, 0.2) is 22.7 Å². The third-order valence-corrected chi connectivity index (χ3v) is 2.83. The Kier molecular flexibility index (Phi) is 4.45. The molecule has 0 amide bonds. The SMILES string of the molecule is CC(C)(C#N)CNCc1ccc(Br)c(F)c1. The molecule has 0 saturated heterocycles. The molecule has 0 aliphatic carbocycles. The van der Waals surface area contributed by atoms with Crippen LogP contribution in [0.3, 0.4) is 0 Å². The molecule has 86 valence electrons. The van der Waals surface area contributed by atoms with Crippen molar-refractivity contribution in [3.8, 4) is 6.07 Å². The third kappa shape index (κ3) is 3.92. The van der Waals surface area contributed by atoms with E-state index >= 15 is 0 Å². The molecule has 0 heterocycles. The van der Waals surface area contributed by atoms with Crippen molar-refractivity contribution < 1.29 is 4.39 Å². The van der Waals surface area contributed by atoms with Crippen molar-refractivity contribution in [2.24, 2.45) is 5.41 Å². The van der Waals surface area contributed by atoms with Crippen molar-refractivity contribution in [2.75, 3.05) is 6.54 Å². The van der Waals surface area contributed by atoms with Crippen molar-refractivity contribution in [2.45, 2.75) is 20.4 Å². The second-order valence-electron chi connectivity index (χ2n) is 4.35. The molecule has 0 bridgehead atoms. The fraction of sp³-hybridized carbons (Fsp3) is 0.417. The fourth-order valence-electron chi connectivity index (χ4n) is 1.21. The van der Waals surface area contributed by atoms with Crippen LogP contribution >= 0.6 is 15.9 Å². The number of nitriles is 1. The topological polar surface area (TPSA) is 35.8 Å². The predicted octanol–water partition coefficient (Wildman–Crippen LogP) is 3.23. The van der Waals surface area contributed by atoms with Crippen LogP contribution in [0.25, 0.3) is 0 Å². The number of nitrogens with one attached hydrogen (secondary N) is 1. The lowest BCUT2D eigenvalue weighted by molar-refractivity contribution is 0.444. The molecule has 0 aliphatic rings. The van der Waals surface area contributed by atoms with Crippen molar-refractivity contribution in [1.82, 2.24) is 5.32 Å². The highest BCUT2D eigenvalue weighted by Crippen LogP contribution is 2.16. The van der Waals surface area contributed by atoms with E-state index in [4.69, 9.17) is 5.26 Å². The van der Waals surface area contributed by atoms with Gasteiger partial charge in [0.2, 0.25) is 0 Å². The second kappa shape index (κ2) is 5.42. The third-order valence-electron chi connectivity index (χ3n) is 2.18. The molecule has 0 aliphatic heterocycles. The summed E-state index contributed by atoms with van der Waals surface area (Å²) in [6, 6.07) is 7.22. The van der Waals surface area contributed by atoms with Crippen LogP contribution in [0, 0.1) is 22.6 Å². The minimum atomic E-state index is -0.395. The first kappa shape index (κ1) is 13.1. The number of halogens is 2. The van der Waals surface area contributed by atoms with Gasteiger partial charge in [0, 0.05) is 13.1 Å². The van der Waals surface area contributed by atoms with E-state index in [-0.39, 0.29) is 5.82 Å². The molecule has 0 radical (unpaired) electrons. The summed E-state index contributed by atoms with van der Waals surface area (Å²) < 4.78 is 13.6. The van der Waals surface area contributed by atoms with Gasteiger partial charge in [-0.05, 0) is 47.5 Å². The molecule has 0 unspecified atom stereocenters. The summed E-state index contributed by atoms with van der Waals surface area (Å²) in [4.78, 5) is 0. The van der Waals surface area contributed by atoms with E-state index < -0.39 is 5.41 Å². The summed E-state index contributed by atoms with van der Waals surface area (Å²) in [7, 11) is 0. The minimum absolute atomic E-state index is 0.265. The van der Waals surface area contributed by atoms with Gasteiger partial charge in [0.1, 0.15) is 5.82 Å². The largest absolute Gasteiger partial charge is 0.311 e. The van der Waals surface area contributed by atoms with Crippen LogP contribution in [0.1, 0.15) is 19.4 Å². The summed E-state index contributed by atoms with van der Waals surface area (Å²) in [5.74, 6) is -0.265. The van der Waals surface area contributed by atoms with E-state index in [2.05, 4.69) is 27.3 Å². The summed E-state index contributed by atoms with van der Waals surface area (Å²) in [5.41, 5.74) is 0.475. The summed E-state index contributed by atoms with van der Waals surface area (Å²) in [6.07, 6.45) is 0. The lowest BCUT2D eigenvalue weighted by Gasteiger charge is -2.15. The molecular weight excluding hydrogens is 271 g/mol. The maximum atomic E-state index is 13.2. The van der Waals surface area contributed by atoms with E-state index in [1.54, 1.807) is 6.07 Å².